The Balaban J connectivity index is 2.99. The fraction of sp³-hybridized carbons (Fsp3) is 0.300. The number of nitrogens with two attached hydrogens (primary N) is 1. The molecule has 1 aromatic carbocycles. The molecule has 1 atom stereocenters. The smallest absolute Gasteiger partial charge is 0.218 e. The molecule has 0 radical (unpaired) electrons. The molecule has 76 valence electrons. The molecule has 0 aliphatic carbocycles. The lowest BCUT2D eigenvalue weighted by Crippen LogP contribution is -2.15. The summed E-state index contributed by atoms with van der Waals surface area (Å²) in [6.45, 7) is 1.56. The van der Waals surface area contributed by atoms with Crippen molar-refractivity contribution in [3.8, 4) is 0 Å². The Labute approximate surface area is 80.7 Å². The van der Waals surface area contributed by atoms with E-state index in [1.54, 1.807) is 6.92 Å². The lowest BCUT2D eigenvalue weighted by molar-refractivity contribution is -0.118. The molecule has 0 saturated carbocycles. The molecule has 14 heavy (non-hydrogen) atoms. The zero-order valence-corrected chi connectivity index (χ0v) is 7.76. The Morgan fingerprint density at radius 1 is 1.43 bits per heavy atom. The second-order valence-corrected chi connectivity index (χ2v) is 3.21. The van der Waals surface area contributed by atoms with Gasteiger partial charge in [-0.05, 0) is 18.1 Å². The highest BCUT2D eigenvalue weighted by Gasteiger charge is 2.17. The SMILES string of the molecule is CC(CC(N)=O)c1c(F)cccc1F. The van der Waals surface area contributed by atoms with Gasteiger partial charge in [0.25, 0.3) is 0 Å². The van der Waals surface area contributed by atoms with E-state index in [1.807, 2.05) is 0 Å². The van der Waals surface area contributed by atoms with Crippen LogP contribution >= 0.6 is 0 Å². The number of carbonyl (C=O) groups excluding carboxylic acids is 1. The van der Waals surface area contributed by atoms with E-state index >= 15 is 0 Å². The molecule has 2 N–H and O–H groups in total. The maximum Gasteiger partial charge on any atom is 0.218 e. The number of amides is 1. The summed E-state index contributed by atoms with van der Waals surface area (Å²) in [5.41, 5.74) is 4.87. The van der Waals surface area contributed by atoms with Crippen LogP contribution in [-0.4, -0.2) is 5.91 Å². The molecule has 2 nitrogen and oxygen atoms in total. The van der Waals surface area contributed by atoms with Crippen molar-refractivity contribution in [1.82, 2.24) is 0 Å². The van der Waals surface area contributed by atoms with Crippen LogP contribution < -0.4 is 5.73 Å². The van der Waals surface area contributed by atoms with Crippen LogP contribution in [0.1, 0.15) is 24.8 Å². The van der Waals surface area contributed by atoms with Crippen molar-refractivity contribution in [2.75, 3.05) is 0 Å². The number of rotatable bonds is 3. The third-order valence-corrected chi connectivity index (χ3v) is 2.00. The van der Waals surface area contributed by atoms with Crippen LogP contribution in [0.4, 0.5) is 8.78 Å². The standard InChI is InChI=1S/C10H11F2NO/c1-6(5-9(13)14)10-7(11)3-2-4-8(10)12/h2-4,6H,5H2,1H3,(H2,13,14). The molecule has 0 aliphatic heterocycles. The van der Waals surface area contributed by atoms with Gasteiger partial charge in [0, 0.05) is 12.0 Å². The fourth-order valence-electron chi connectivity index (χ4n) is 1.39. The Hall–Kier alpha value is -1.45. The molecule has 1 unspecified atom stereocenters. The van der Waals surface area contributed by atoms with Crippen molar-refractivity contribution < 1.29 is 13.6 Å². The summed E-state index contributed by atoms with van der Waals surface area (Å²) < 4.78 is 26.3. The summed E-state index contributed by atoms with van der Waals surface area (Å²) >= 11 is 0. The van der Waals surface area contributed by atoms with Gasteiger partial charge in [-0.2, -0.15) is 0 Å². The molecule has 0 aromatic heterocycles. The first kappa shape index (κ1) is 10.6. The van der Waals surface area contributed by atoms with Crippen molar-refractivity contribution in [3.63, 3.8) is 0 Å². The molecule has 1 amide bonds. The van der Waals surface area contributed by atoms with Crippen LogP contribution in [0.5, 0.6) is 0 Å². The average molecular weight is 199 g/mol. The fourth-order valence-corrected chi connectivity index (χ4v) is 1.39. The molecular formula is C10H11F2NO. The van der Waals surface area contributed by atoms with Gasteiger partial charge < -0.3 is 5.73 Å². The van der Waals surface area contributed by atoms with E-state index < -0.39 is 23.5 Å². The molecule has 0 bridgehead atoms. The molecule has 0 saturated heterocycles. The van der Waals surface area contributed by atoms with E-state index in [4.69, 9.17) is 5.73 Å². The minimum atomic E-state index is -0.640. The van der Waals surface area contributed by atoms with Crippen LogP contribution in [0.3, 0.4) is 0 Å². The first-order valence-corrected chi connectivity index (χ1v) is 4.24. The normalized spacial score (nSPS) is 12.5. The van der Waals surface area contributed by atoms with Crippen LogP contribution in [0.15, 0.2) is 18.2 Å². The van der Waals surface area contributed by atoms with E-state index in [9.17, 15) is 13.6 Å². The molecular weight excluding hydrogens is 188 g/mol. The van der Waals surface area contributed by atoms with Crippen molar-refractivity contribution in [3.05, 3.63) is 35.4 Å². The topological polar surface area (TPSA) is 43.1 Å². The van der Waals surface area contributed by atoms with Gasteiger partial charge in [0.2, 0.25) is 5.91 Å². The largest absolute Gasteiger partial charge is 0.370 e. The second kappa shape index (κ2) is 4.17. The summed E-state index contributed by atoms with van der Waals surface area (Å²) in [7, 11) is 0. The summed E-state index contributed by atoms with van der Waals surface area (Å²) in [4.78, 5) is 10.6. The monoisotopic (exact) mass is 199 g/mol. The van der Waals surface area contributed by atoms with E-state index in [0.717, 1.165) is 12.1 Å². The maximum atomic E-state index is 13.2. The number of hydrogen-bond donors (Lipinski definition) is 1. The summed E-state index contributed by atoms with van der Waals surface area (Å²) in [5, 5.41) is 0. The van der Waals surface area contributed by atoms with Gasteiger partial charge in [0.15, 0.2) is 0 Å². The first-order chi connectivity index (χ1) is 6.52. The highest BCUT2D eigenvalue weighted by Crippen LogP contribution is 2.24. The summed E-state index contributed by atoms with van der Waals surface area (Å²) in [6, 6.07) is 3.61. The number of primary amides is 1. The highest BCUT2D eigenvalue weighted by molar-refractivity contribution is 5.74. The van der Waals surface area contributed by atoms with Gasteiger partial charge in [0.1, 0.15) is 11.6 Å². The van der Waals surface area contributed by atoms with E-state index in [-0.39, 0.29) is 12.0 Å². The van der Waals surface area contributed by atoms with Gasteiger partial charge in [0.05, 0.1) is 0 Å². The van der Waals surface area contributed by atoms with E-state index in [0.29, 0.717) is 0 Å². The van der Waals surface area contributed by atoms with Crippen molar-refractivity contribution in [2.24, 2.45) is 5.73 Å². The van der Waals surface area contributed by atoms with Crippen LogP contribution in [0.25, 0.3) is 0 Å². The number of hydrogen-bond acceptors (Lipinski definition) is 1. The molecule has 0 spiro atoms. The minimum Gasteiger partial charge on any atom is -0.370 e. The predicted octanol–water partition coefficient (Wildman–Crippen LogP) is 1.94. The number of halogens is 2. The first-order valence-electron chi connectivity index (χ1n) is 4.24. The number of benzene rings is 1. The molecule has 1 aromatic rings. The van der Waals surface area contributed by atoms with Gasteiger partial charge in [-0.1, -0.05) is 13.0 Å². The number of carbonyl (C=O) groups is 1. The van der Waals surface area contributed by atoms with E-state index in [1.165, 1.54) is 6.07 Å². The van der Waals surface area contributed by atoms with Crippen LogP contribution in [0, 0.1) is 11.6 Å². The summed E-state index contributed by atoms with van der Waals surface area (Å²) in [5.74, 6) is -2.38. The zero-order chi connectivity index (χ0) is 10.7. The Kier molecular flexibility index (Phi) is 3.17. The van der Waals surface area contributed by atoms with Gasteiger partial charge >= 0.3 is 0 Å². The quantitative estimate of drug-likeness (QED) is 0.794. The highest BCUT2D eigenvalue weighted by atomic mass is 19.1. The lowest BCUT2D eigenvalue weighted by Gasteiger charge is -2.11. The molecule has 0 heterocycles. The second-order valence-electron chi connectivity index (χ2n) is 3.21. The van der Waals surface area contributed by atoms with E-state index in [2.05, 4.69) is 0 Å². The summed E-state index contributed by atoms with van der Waals surface area (Å²) in [6.07, 6.45) is -0.0577. The van der Waals surface area contributed by atoms with Crippen molar-refractivity contribution in [2.45, 2.75) is 19.3 Å². The van der Waals surface area contributed by atoms with Gasteiger partial charge in [-0.15, -0.1) is 0 Å². The van der Waals surface area contributed by atoms with Crippen molar-refractivity contribution >= 4 is 5.91 Å². The third-order valence-electron chi connectivity index (χ3n) is 2.00. The molecule has 0 aliphatic rings. The molecule has 4 heteroatoms. The van der Waals surface area contributed by atoms with Gasteiger partial charge in [-0.3, -0.25) is 4.79 Å². The van der Waals surface area contributed by atoms with Crippen LogP contribution in [0.2, 0.25) is 0 Å². The maximum absolute atomic E-state index is 13.2. The Morgan fingerprint density at radius 2 is 1.93 bits per heavy atom. The minimum absolute atomic E-state index is 0.0577. The zero-order valence-electron chi connectivity index (χ0n) is 7.76. The van der Waals surface area contributed by atoms with Gasteiger partial charge in [-0.25, -0.2) is 8.78 Å². The van der Waals surface area contributed by atoms with Crippen molar-refractivity contribution in [1.29, 1.82) is 0 Å². The predicted molar refractivity (Wildman–Crippen MR) is 48.6 cm³/mol. The molecule has 1 rings (SSSR count). The van der Waals surface area contributed by atoms with Crippen LogP contribution in [-0.2, 0) is 4.79 Å². The Morgan fingerprint density at radius 3 is 2.36 bits per heavy atom. The Bertz CT molecular complexity index is 332. The molecule has 0 fully saturated rings. The third kappa shape index (κ3) is 2.28. The lowest BCUT2D eigenvalue weighted by atomic mass is 9.96. The average Bonchev–Trinajstić information content (AvgIpc) is 2.01.